The second kappa shape index (κ2) is 8.70. The number of rotatable bonds is 6. The number of carbonyl (C=O) groups excluding carboxylic acids is 2. The Morgan fingerprint density at radius 2 is 2.31 bits per heavy atom. The molecule has 1 aromatic carbocycles. The number of benzene rings is 1. The normalized spacial score (nSPS) is 12.8. The van der Waals surface area contributed by atoms with Crippen LogP contribution in [-0.4, -0.2) is 52.4 Å². The van der Waals surface area contributed by atoms with E-state index in [1.807, 2.05) is 11.6 Å². The van der Waals surface area contributed by atoms with Crippen molar-refractivity contribution in [3.63, 3.8) is 0 Å². The Labute approximate surface area is 167 Å². The topological polar surface area (TPSA) is 103 Å². The first kappa shape index (κ1) is 20.3. The van der Waals surface area contributed by atoms with Gasteiger partial charge in [-0.05, 0) is 25.1 Å². The van der Waals surface area contributed by atoms with E-state index in [-0.39, 0.29) is 11.6 Å². The highest BCUT2D eigenvalue weighted by Crippen LogP contribution is 2.23. The van der Waals surface area contributed by atoms with Crippen molar-refractivity contribution in [2.45, 2.75) is 26.4 Å². The van der Waals surface area contributed by atoms with Gasteiger partial charge in [-0.1, -0.05) is 0 Å². The summed E-state index contributed by atoms with van der Waals surface area (Å²) in [5.41, 5.74) is 3.09. The number of nitrogens with zero attached hydrogens (tertiary/aromatic N) is 5. The molecule has 2 heterocycles. The van der Waals surface area contributed by atoms with Gasteiger partial charge in [-0.3, -0.25) is 14.3 Å². The fourth-order valence-electron chi connectivity index (χ4n) is 3.15. The van der Waals surface area contributed by atoms with Crippen molar-refractivity contribution in [3.05, 3.63) is 46.5 Å². The third kappa shape index (κ3) is 4.52. The van der Waals surface area contributed by atoms with E-state index in [0.717, 1.165) is 28.1 Å². The summed E-state index contributed by atoms with van der Waals surface area (Å²) in [4.78, 5) is 30.0. The van der Waals surface area contributed by atoms with E-state index in [1.165, 1.54) is 19.2 Å². The smallest absolute Gasteiger partial charge is 0.320 e. The average molecular weight is 400 g/mol. The predicted octanol–water partition coefficient (Wildman–Crippen LogP) is 1.81. The Balaban J connectivity index is 1.65. The molecule has 3 rings (SSSR count). The van der Waals surface area contributed by atoms with Crippen molar-refractivity contribution < 1.29 is 18.8 Å². The molecule has 2 aromatic rings. The minimum Gasteiger partial charge on any atom is -0.320 e. The molecule has 0 aliphatic carbocycles. The molecule has 1 aliphatic rings. The van der Waals surface area contributed by atoms with E-state index in [2.05, 4.69) is 10.4 Å². The van der Waals surface area contributed by atoms with Gasteiger partial charge in [0.1, 0.15) is 11.9 Å². The molecule has 0 fully saturated rings. The van der Waals surface area contributed by atoms with Gasteiger partial charge in [-0.15, -0.1) is 0 Å². The van der Waals surface area contributed by atoms with Gasteiger partial charge < -0.3 is 10.2 Å². The van der Waals surface area contributed by atoms with Crippen molar-refractivity contribution in [1.29, 1.82) is 5.26 Å². The molecule has 29 heavy (non-hydrogen) atoms. The van der Waals surface area contributed by atoms with E-state index in [4.69, 9.17) is 10.1 Å². The quantitative estimate of drug-likeness (QED) is 0.588. The minimum atomic E-state index is -0.625. The lowest BCUT2D eigenvalue weighted by molar-refractivity contribution is -0.164. The Morgan fingerprint density at radius 3 is 3.03 bits per heavy atom. The van der Waals surface area contributed by atoms with Crippen LogP contribution in [0.15, 0.2) is 18.2 Å². The van der Waals surface area contributed by atoms with Gasteiger partial charge in [0.2, 0.25) is 6.41 Å². The molecule has 3 amide bonds. The van der Waals surface area contributed by atoms with Crippen LogP contribution in [0.3, 0.4) is 0 Å². The number of urea groups is 1. The number of hydrogen-bond acceptors (Lipinski definition) is 5. The summed E-state index contributed by atoms with van der Waals surface area (Å²) in [5.74, 6) is -0.625. The number of nitriles is 1. The van der Waals surface area contributed by atoms with Gasteiger partial charge in [0, 0.05) is 37.0 Å². The summed E-state index contributed by atoms with van der Waals surface area (Å²) in [6, 6.07) is 5.31. The van der Waals surface area contributed by atoms with Gasteiger partial charge in [0.05, 0.1) is 31.0 Å². The maximum atomic E-state index is 13.4. The zero-order valence-corrected chi connectivity index (χ0v) is 16.2. The van der Waals surface area contributed by atoms with Gasteiger partial charge in [0.15, 0.2) is 0 Å². The number of hydroxylamine groups is 2. The van der Waals surface area contributed by atoms with Crippen molar-refractivity contribution in [3.8, 4) is 6.07 Å². The van der Waals surface area contributed by atoms with Crippen molar-refractivity contribution >= 4 is 18.1 Å². The standard InChI is InChI=1S/C19H21FN6O3/c1-13-16-11-25(19(28)22-15-3-4-17(20)14(9-15)10-21)6-5-18(16)23-26(13)7-8-29-24(2)12-27/h3-4,9,12H,5-8,11H2,1-2H3,(H,22,28). The summed E-state index contributed by atoms with van der Waals surface area (Å²) in [6.45, 7) is 3.60. The van der Waals surface area contributed by atoms with E-state index in [9.17, 15) is 14.0 Å². The maximum absolute atomic E-state index is 13.4. The summed E-state index contributed by atoms with van der Waals surface area (Å²) >= 11 is 0. The van der Waals surface area contributed by atoms with Crippen LogP contribution < -0.4 is 5.32 Å². The lowest BCUT2D eigenvalue weighted by atomic mass is 10.1. The predicted molar refractivity (Wildman–Crippen MR) is 101 cm³/mol. The molecule has 0 atom stereocenters. The van der Waals surface area contributed by atoms with Crippen LogP contribution in [0, 0.1) is 24.1 Å². The van der Waals surface area contributed by atoms with Crippen LogP contribution in [0.1, 0.15) is 22.5 Å². The van der Waals surface area contributed by atoms with E-state index < -0.39 is 5.82 Å². The number of aromatic nitrogens is 2. The molecule has 0 bridgehead atoms. The first-order valence-electron chi connectivity index (χ1n) is 9.04. The Hall–Kier alpha value is -3.45. The van der Waals surface area contributed by atoms with Gasteiger partial charge in [0.25, 0.3) is 0 Å². The van der Waals surface area contributed by atoms with E-state index in [0.29, 0.717) is 44.8 Å². The number of nitrogens with one attached hydrogen (secondary N) is 1. The Bertz CT molecular complexity index is 968. The first-order valence-corrected chi connectivity index (χ1v) is 9.04. The zero-order valence-electron chi connectivity index (χ0n) is 16.2. The molecule has 1 aliphatic heterocycles. The fraction of sp³-hybridized carbons (Fsp3) is 0.368. The molecule has 10 heteroatoms. The molecule has 0 saturated carbocycles. The molecule has 0 saturated heterocycles. The molecular weight excluding hydrogens is 379 g/mol. The number of hydrogen-bond donors (Lipinski definition) is 1. The molecule has 0 radical (unpaired) electrons. The van der Waals surface area contributed by atoms with Crippen LogP contribution in [0.5, 0.6) is 0 Å². The van der Waals surface area contributed by atoms with Crippen molar-refractivity contribution in [1.82, 2.24) is 19.7 Å². The summed E-state index contributed by atoms with van der Waals surface area (Å²) < 4.78 is 15.3. The van der Waals surface area contributed by atoms with Crippen LogP contribution in [-0.2, 0) is 29.1 Å². The summed E-state index contributed by atoms with van der Waals surface area (Å²) in [5, 5.41) is 17.3. The van der Waals surface area contributed by atoms with Crippen molar-refractivity contribution in [2.24, 2.45) is 0 Å². The molecule has 152 valence electrons. The van der Waals surface area contributed by atoms with Crippen LogP contribution in [0.25, 0.3) is 0 Å². The lowest BCUT2D eigenvalue weighted by Crippen LogP contribution is -2.38. The van der Waals surface area contributed by atoms with Gasteiger partial charge in [-0.2, -0.15) is 10.4 Å². The summed E-state index contributed by atoms with van der Waals surface area (Å²) in [6.07, 6.45) is 1.19. The monoisotopic (exact) mass is 400 g/mol. The Morgan fingerprint density at radius 1 is 1.52 bits per heavy atom. The van der Waals surface area contributed by atoms with Gasteiger partial charge >= 0.3 is 6.03 Å². The SMILES string of the molecule is Cc1c2c(nn1CCON(C)C=O)CCN(C(=O)Nc1ccc(F)c(C#N)c1)C2. The second-order valence-corrected chi connectivity index (χ2v) is 6.63. The molecule has 1 N–H and O–H groups in total. The molecule has 0 spiro atoms. The average Bonchev–Trinajstić information content (AvgIpc) is 3.04. The number of amides is 3. The molecular formula is C19H21FN6O3. The fourth-order valence-corrected chi connectivity index (χ4v) is 3.15. The number of anilines is 1. The highest BCUT2D eigenvalue weighted by atomic mass is 19.1. The number of fused-ring (bicyclic) bond motifs is 1. The highest BCUT2D eigenvalue weighted by molar-refractivity contribution is 5.89. The number of halogens is 1. The maximum Gasteiger partial charge on any atom is 0.322 e. The molecule has 1 aromatic heterocycles. The Kier molecular flexibility index (Phi) is 6.09. The zero-order chi connectivity index (χ0) is 21.0. The molecule has 9 nitrogen and oxygen atoms in total. The number of carbonyl (C=O) groups is 2. The lowest BCUT2D eigenvalue weighted by Gasteiger charge is -2.27. The van der Waals surface area contributed by atoms with E-state index in [1.54, 1.807) is 11.0 Å². The largest absolute Gasteiger partial charge is 0.322 e. The minimum absolute atomic E-state index is 0.122. The van der Waals surface area contributed by atoms with Crippen LogP contribution in [0.2, 0.25) is 0 Å². The third-order valence-electron chi connectivity index (χ3n) is 4.75. The summed E-state index contributed by atoms with van der Waals surface area (Å²) in [7, 11) is 1.52. The first-order chi connectivity index (χ1) is 13.9. The van der Waals surface area contributed by atoms with Crippen molar-refractivity contribution in [2.75, 3.05) is 25.5 Å². The van der Waals surface area contributed by atoms with E-state index >= 15 is 0 Å². The highest BCUT2D eigenvalue weighted by Gasteiger charge is 2.26. The third-order valence-corrected chi connectivity index (χ3v) is 4.75. The van der Waals surface area contributed by atoms with Crippen LogP contribution in [0.4, 0.5) is 14.9 Å². The van der Waals surface area contributed by atoms with Crippen LogP contribution >= 0.6 is 0 Å². The second-order valence-electron chi connectivity index (χ2n) is 6.63. The molecule has 0 unspecified atom stereocenters. The van der Waals surface area contributed by atoms with Gasteiger partial charge in [-0.25, -0.2) is 14.2 Å².